The standard InChI is InChI=1S/C18H24ClNO3/c1-12-5-3-4-6-16(12)20-18(22)13(2)23-17(21)11-14-7-9-15(19)10-8-14/h7-10,12-13,16H,3-6,11H2,1-2H3,(H,20,22). The number of halogens is 1. The first-order valence-electron chi connectivity index (χ1n) is 8.20. The average molecular weight is 338 g/mol. The molecule has 5 heteroatoms. The predicted molar refractivity (Wildman–Crippen MR) is 90.3 cm³/mol. The molecule has 0 spiro atoms. The summed E-state index contributed by atoms with van der Waals surface area (Å²) in [6, 6.07) is 7.19. The molecular formula is C18H24ClNO3. The van der Waals surface area contributed by atoms with E-state index in [1.165, 1.54) is 6.42 Å². The third kappa shape index (κ3) is 5.54. The molecule has 1 aliphatic carbocycles. The van der Waals surface area contributed by atoms with Crippen molar-refractivity contribution in [1.29, 1.82) is 0 Å². The van der Waals surface area contributed by atoms with Crippen LogP contribution in [0, 0.1) is 5.92 Å². The lowest BCUT2D eigenvalue weighted by Gasteiger charge is -2.30. The van der Waals surface area contributed by atoms with E-state index in [0.29, 0.717) is 10.9 Å². The minimum atomic E-state index is -0.774. The van der Waals surface area contributed by atoms with E-state index in [-0.39, 0.29) is 18.4 Å². The number of amides is 1. The molecule has 1 fully saturated rings. The molecule has 126 valence electrons. The summed E-state index contributed by atoms with van der Waals surface area (Å²) in [5, 5.41) is 3.63. The van der Waals surface area contributed by atoms with Crippen molar-refractivity contribution in [3.8, 4) is 0 Å². The normalized spacial score (nSPS) is 22.2. The quantitative estimate of drug-likeness (QED) is 0.836. The monoisotopic (exact) mass is 337 g/mol. The maximum atomic E-state index is 12.2. The van der Waals surface area contributed by atoms with Crippen LogP contribution in [-0.2, 0) is 20.7 Å². The average Bonchev–Trinajstić information content (AvgIpc) is 2.51. The van der Waals surface area contributed by atoms with Crippen LogP contribution < -0.4 is 5.32 Å². The topological polar surface area (TPSA) is 55.4 Å². The van der Waals surface area contributed by atoms with Crippen molar-refractivity contribution >= 4 is 23.5 Å². The summed E-state index contributed by atoms with van der Waals surface area (Å²) in [7, 11) is 0. The number of esters is 1. The van der Waals surface area contributed by atoms with E-state index in [2.05, 4.69) is 12.2 Å². The number of hydrogen-bond donors (Lipinski definition) is 1. The van der Waals surface area contributed by atoms with Crippen LogP contribution in [0.2, 0.25) is 5.02 Å². The molecule has 23 heavy (non-hydrogen) atoms. The highest BCUT2D eigenvalue weighted by molar-refractivity contribution is 6.30. The Hall–Kier alpha value is -1.55. The van der Waals surface area contributed by atoms with Gasteiger partial charge >= 0.3 is 5.97 Å². The summed E-state index contributed by atoms with van der Waals surface area (Å²) < 4.78 is 5.24. The molecule has 0 heterocycles. The van der Waals surface area contributed by atoms with Crippen molar-refractivity contribution in [2.75, 3.05) is 0 Å². The van der Waals surface area contributed by atoms with Gasteiger partial charge in [0.25, 0.3) is 5.91 Å². The van der Waals surface area contributed by atoms with Crippen molar-refractivity contribution < 1.29 is 14.3 Å². The van der Waals surface area contributed by atoms with Crippen LogP contribution in [0.1, 0.15) is 45.1 Å². The van der Waals surface area contributed by atoms with Gasteiger partial charge in [-0.05, 0) is 43.4 Å². The van der Waals surface area contributed by atoms with Crippen LogP contribution in [0.3, 0.4) is 0 Å². The summed E-state index contributed by atoms with van der Waals surface area (Å²) in [6.07, 6.45) is 3.85. The number of rotatable bonds is 5. The van der Waals surface area contributed by atoms with E-state index in [4.69, 9.17) is 16.3 Å². The molecule has 1 saturated carbocycles. The third-order valence-corrected chi connectivity index (χ3v) is 4.63. The zero-order valence-electron chi connectivity index (χ0n) is 13.7. The Morgan fingerprint density at radius 2 is 1.91 bits per heavy atom. The summed E-state index contributed by atoms with van der Waals surface area (Å²) in [5.41, 5.74) is 0.813. The van der Waals surface area contributed by atoms with Crippen molar-refractivity contribution in [3.63, 3.8) is 0 Å². The second-order valence-corrected chi connectivity index (χ2v) is 6.75. The number of ether oxygens (including phenoxy) is 1. The lowest BCUT2D eigenvalue weighted by Crippen LogP contribution is -2.46. The van der Waals surface area contributed by atoms with Gasteiger partial charge < -0.3 is 10.1 Å². The van der Waals surface area contributed by atoms with Crippen LogP contribution in [-0.4, -0.2) is 24.0 Å². The highest BCUT2D eigenvalue weighted by atomic mass is 35.5. The number of carbonyl (C=O) groups is 2. The molecular weight excluding hydrogens is 314 g/mol. The summed E-state index contributed by atoms with van der Waals surface area (Å²) >= 11 is 5.81. The van der Waals surface area contributed by atoms with Crippen LogP contribution >= 0.6 is 11.6 Å². The number of nitrogens with one attached hydrogen (secondary N) is 1. The fourth-order valence-electron chi connectivity index (χ4n) is 2.89. The van der Waals surface area contributed by atoms with Gasteiger partial charge in [-0.25, -0.2) is 0 Å². The molecule has 1 N–H and O–H groups in total. The minimum absolute atomic E-state index is 0.134. The first-order valence-corrected chi connectivity index (χ1v) is 8.58. The van der Waals surface area contributed by atoms with Crippen molar-refractivity contribution in [2.45, 2.75) is 58.1 Å². The zero-order valence-corrected chi connectivity index (χ0v) is 14.4. The molecule has 1 aliphatic rings. The van der Waals surface area contributed by atoms with Crippen LogP contribution in [0.25, 0.3) is 0 Å². The van der Waals surface area contributed by atoms with Gasteiger partial charge in [0.15, 0.2) is 6.10 Å². The van der Waals surface area contributed by atoms with Gasteiger partial charge in [-0.3, -0.25) is 9.59 Å². The SMILES string of the molecule is CC(OC(=O)Cc1ccc(Cl)cc1)C(=O)NC1CCCCC1C. The van der Waals surface area contributed by atoms with Gasteiger partial charge in [0, 0.05) is 11.1 Å². The molecule has 0 radical (unpaired) electrons. The Kier molecular flexibility index (Phi) is 6.46. The van der Waals surface area contributed by atoms with Crippen molar-refractivity contribution in [3.05, 3.63) is 34.9 Å². The highest BCUT2D eigenvalue weighted by Gasteiger charge is 2.26. The fourth-order valence-corrected chi connectivity index (χ4v) is 3.02. The Morgan fingerprint density at radius 3 is 2.57 bits per heavy atom. The molecule has 2 rings (SSSR count). The summed E-state index contributed by atoms with van der Waals surface area (Å²) in [4.78, 5) is 24.1. The van der Waals surface area contributed by atoms with Crippen LogP contribution in [0.5, 0.6) is 0 Å². The number of hydrogen-bond acceptors (Lipinski definition) is 3. The lowest BCUT2D eigenvalue weighted by molar-refractivity contribution is -0.154. The van der Waals surface area contributed by atoms with E-state index < -0.39 is 12.1 Å². The second kappa shape index (κ2) is 8.34. The Labute approximate surface area is 142 Å². The lowest BCUT2D eigenvalue weighted by atomic mass is 9.86. The molecule has 0 saturated heterocycles. The van der Waals surface area contributed by atoms with E-state index in [0.717, 1.165) is 24.8 Å². The molecule has 0 aromatic heterocycles. The van der Waals surface area contributed by atoms with Gasteiger partial charge in [-0.2, -0.15) is 0 Å². The van der Waals surface area contributed by atoms with Crippen molar-refractivity contribution in [2.24, 2.45) is 5.92 Å². The maximum absolute atomic E-state index is 12.2. The van der Waals surface area contributed by atoms with Crippen LogP contribution in [0.4, 0.5) is 0 Å². The van der Waals surface area contributed by atoms with E-state index in [1.54, 1.807) is 31.2 Å². The van der Waals surface area contributed by atoms with Gasteiger partial charge in [0.1, 0.15) is 0 Å². The smallest absolute Gasteiger partial charge is 0.311 e. The molecule has 1 amide bonds. The van der Waals surface area contributed by atoms with Crippen LogP contribution in [0.15, 0.2) is 24.3 Å². The maximum Gasteiger partial charge on any atom is 0.311 e. The van der Waals surface area contributed by atoms with E-state index in [9.17, 15) is 9.59 Å². The molecule has 1 aromatic rings. The summed E-state index contributed by atoms with van der Waals surface area (Å²) in [6.45, 7) is 3.77. The Balaban J connectivity index is 1.80. The van der Waals surface area contributed by atoms with E-state index in [1.807, 2.05) is 0 Å². The Bertz CT molecular complexity index is 544. The van der Waals surface area contributed by atoms with Gasteiger partial charge in [0.05, 0.1) is 6.42 Å². The molecule has 0 bridgehead atoms. The highest BCUT2D eigenvalue weighted by Crippen LogP contribution is 2.23. The second-order valence-electron chi connectivity index (χ2n) is 6.31. The zero-order chi connectivity index (χ0) is 16.8. The largest absolute Gasteiger partial charge is 0.452 e. The van der Waals surface area contributed by atoms with Crippen molar-refractivity contribution in [1.82, 2.24) is 5.32 Å². The number of benzene rings is 1. The Morgan fingerprint density at radius 1 is 1.26 bits per heavy atom. The molecule has 4 nitrogen and oxygen atoms in total. The summed E-state index contributed by atoms with van der Waals surface area (Å²) in [5.74, 6) is -0.149. The van der Waals surface area contributed by atoms with E-state index >= 15 is 0 Å². The first-order chi connectivity index (χ1) is 11.0. The van der Waals surface area contributed by atoms with Gasteiger partial charge in [0.2, 0.25) is 0 Å². The molecule has 3 unspecified atom stereocenters. The molecule has 0 aliphatic heterocycles. The third-order valence-electron chi connectivity index (χ3n) is 4.38. The van der Waals surface area contributed by atoms with Gasteiger partial charge in [-0.15, -0.1) is 0 Å². The minimum Gasteiger partial charge on any atom is -0.452 e. The fraction of sp³-hybridized carbons (Fsp3) is 0.556. The first kappa shape index (κ1) is 17.8. The molecule has 1 aromatic carbocycles. The predicted octanol–water partition coefficient (Wildman–Crippen LogP) is 3.51. The van der Waals surface area contributed by atoms with Gasteiger partial charge in [-0.1, -0.05) is 43.5 Å². The number of carbonyl (C=O) groups excluding carboxylic acids is 2. The molecule has 3 atom stereocenters.